The first-order chi connectivity index (χ1) is 16.3. The number of anilines is 1. The van der Waals surface area contributed by atoms with Gasteiger partial charge in [-0.1, -0.05) is 76.7 Å². The third-order valence-electron chi connectivity index (χ3n) is 5.65. The molecule has 1 aliphatic heterocycles. The first-order valence-corrected chi connectivity index (χ1v) is 13.9. The predicted molar refractivity (Wildman–Crippen MR) is 145 cm³/mol. The molecular weight excluding hydrogens is 550 g/mol. The molecule has 1 aliphatic rings. The van der Waals surface area contributed by atoms with Crippen molar-refractivity contribution in [2.75, 3.05) is 11.3 Å². The van der Waals surface area contributed by atoms with Gasteiger partial charge in [0.25, 0.3) is 0 Å². The van der Waals surface area contributed by atoms with Crippen LogP contribution in [-0.2, 0) is 9.84 Å². The minimum Gasteiger partial charge on any atom is -0.388 e. The van der Waals surface area contributed by atoms with E-state index in [2.05, 4.69) is 5.43 Å². The third kappa shape index (κ3) is 5.20. The summed E-state index contributed by atoms with van der Waals surface area (Å²) in [4.78, 5) is 0.216. The van der Waals surface area contributed by atoms with Gasteiger partial charge in [0, 0.05) is 11.8 Å². The molecule has 1 atom stereocenters. The topological polar surface area (TPSA) is 69.6 Å². The Bertz CT molecular complexity index is 1430. The molecule has 3 aromatic rings. The van der Waals surface area contributed by atoms with E-state index in [1.165, 1.54) is 0 Å². The lowest BCUT2D eigenvalue weighted by Gasteiger charge is -2.30. The van der Waals surface area contributed by atoms with Gasteiger partial charge in [0.05, 0.1) is 48.0 Å². The summed E-state index contributed by atoms with van der Waals surface area (Å²) < 4.78 is 24.0. The van der Waals surface area contributed by atoms with Crippen molar-refractivity contribution in [2.45, 2.75) is 30.4 Å². The molecule has 3 aromatic carbocycles. The average molecular weight is 572 g/mol. The summed E-state index contributed by atoms with van der Waals surface area (Å²) in [6.45, 7) is 3.28. The molecule has 0 fully saturated rings. The van der Waals surface area contributed by atoms with E-state index in [1.54, 1.807) is 67.4 Å². The number of nitrogens with zero attached hydrogens (tertiary/aromatic N) is 1. The van der Waals surface area contributed by atoms with E-state index in [-0.39, 0.29) is 4.90 Å². The Balaban J connectivity index is 1.85. The molecule has 0 amide bonds. The maximum Gasteiger partial charge on any atom is 0.175 e. The van der Waals surface area contributed by atoms with Crippen LogP contribution in [0.5, 0.6) is 0 Å². The van der Waals surface area contributed by atoms with Crippen LogP contribution in [0.2, 0.25) is 15.1 Å². The molecule has 1 heterocycles. The van der Waals surface area contributed by atoms with Gasteiger partial charge < -0.3 is 5.11 Å². The highest BCUT2D eigenvalue weighted by Gasteiger charge is 2.41. The standard InChI is InChI=1S/C25H22Cl4N2O3S/c1-25(2,32)24-21(29)22(31(30-24)23-18(26)8-5-9-19(23)27)17-11-10-15(13-20(17)28)14-6-4-7-16(12-14)35(3,33)34/h4-13,24,30,32H,1-3H3. The van der Waals surface area contributed by atoms with Crippen LogP contribution in [0.3, 0.4) is 0 Å². The quantitative estimate of drug-likeness (QED) is 0.353. The van der Waals surface area contributed by atoms with Crippen LogP contribution in [0.25, 0.3) is 16.8 Å². The van der Waals surface area contributed by atoms with Gasteiger partial charge in [0.2, 0.25) is 0 Å². The van der Waals surface area contributed by atoms with E-state index in [4.69, 9.17) is 46.4 Å². The third-order valence-corrected chi connectivity index (χ3v) is 8.08. The Morgan fingerprint density at radius 2 is 1.49 bits per heavy atom. The fourth-order valence-corrected chi connectivity index (χ4v) is 5.89. The van der Waals surface area contributed by atoms with Gasteiger partial charge in [-0.3, -0.25) is 5.01 Å². The second-order valence-electron chi connectivity index (χ2n) is 8.81. The van der Waals surface area contributed by atoms with Crippen LogP contribution in [0.4, 0.5) is 5.69 Å². The summed E-state index contributed by atoms with van der Waals surface area (Å²) in [7, 11) is -3.36. The Morgan fingerprint density at radius 3 is 2.06 bits per heavy atom. The first-order valence-electron chi connectivity index (χ1n) is 10.5. The number of benzene rings is 3. The zero-order valence-electron chi connectivity index (χ0n) is 19.0. The highest BCUT2D eigenvalue weighted by atomic mass is 35.5. The van der Waals surface area contributed by atoms with Crippen molar-refractivity contribution >= 4 is 67.6 Å². The van der Waals surface area contributed by atoms with Crippen LogP contribution in [0.1, 0.15) is 19.4 Å². The molecule has 2 N–H and O–H groups in total. The number of para-hydroxylation sites is 1. The summed E-state index contributed by atoms with van der Waals surface area (Å²) in [5.74, 6) is 0. The highest BCUT2D eigenvalue weighted by Crippen LogP contribution is 2.45. The van der Waals surface area contributed by atoms with Crippen LogP contribution in [-0.4, -0.2) is 31.4 Å². The number of sulfone groups is 1. The lowest BCUT2D eigenvalue weighted by molar-refractivity contribution is 0.0560. The fourth-order valence-electron chi connectivity index (χ4n) is 3.88. The SMILES string of the molecule is CC(C)(O)C1NN(c2c(Cl)cccc2Cl)C(c2ccc(-c3cccc(S(C)(=O)=O)c3)cc2Cl)=C1Cl. The van der Waals surface area contributed by atoms with Gasteiger partial charge in [0.1, 0.15) is 0 Å². The summed E-state index contributed by atoms with van der Waals surface area (Å²) in [5.41, 5.74) is 4.96. The fraction of sp³-hybridized carbons (Fsp3) is 0.200. The molecule has 0 saturated carbocycles. The highest BCUT2D eigenvalue weighted by molar-refractivity contribution is 7.90. The van der Waals surface area contributed by atoms with E-state index >= 15 is 0 Å². The number of nitrogens with one attached hydrogen (secondary N) is 1. The van der Waals surface area contributed by atoms with Crippen molar-refractivity contribution in [3.8, 4) is 11.1 Å². The monoisotopic (exact) mass is 570 g/mol. The van der Waals surface area contributed by atoms with Crippen molar-refractivity contribution in [3.05, 3.63) is 86.3 Å². The minimum atomic E-state index is -3.36. The molecular formula is C25H22Cl4N2O3S. The summed E-state index contributed by atoms with van der Waals surface area (Å²) in [6.07, 6.45) is 1.16. The van der Waals surface area contributed by atoms with E-state index in [1.807, 2.05) is 12.1 Å². The van der Waals surface area contributed by atoms with Gasteiger partial charge in [0.15, 0.2) is 9.84 Å². The van der Waals surface area contributed by atoms with Crippen molar-refractivity contribution in [1.82, 2.24) is 5.43 Å². The molecule has 0 aliphatic carbocycles. The van der Waals surface area contributed by atoms with Crippen LogP contribution < -0.4 is 10.4 Å². The molecule has 0 spiro atoms. The smallest absolute Gasteiger partial charge is 0.175 e. The molecule has 1 unspecified atom stereocenters. The Hall–Kier alpha value is -1.77. The Labute approximate surface area is 224 Å². The van der Waals surface area contributed by atoms with Gasteiger partial charge in [-0.2, -0.15) is 0 Å². The molecule has 0 bridgehead atoms. The van der Waals surface area contributed by atoms with Crippen molar-refractivity contribution in [3.63, 3.8) is 0 Å². The molecule has 184 valence electrons. The Morgan fingerprint density at radius 1 is 0.886 bits per heavy atom. The van der Waals surface area contributed by atoms with Crippen LogP contribution in [0, 0.1) is 0 Å². The second-order valence-corrected chi connectivity index (χ2v) is 12.5. The van der Waals surface area contributed by atoms with E-state index in [9.17, 15) is 13.5 Å². The molecule has 35 heavy (non-hydrogen) atoms. The number of aliphatic hydroxyl groups is 1. The number of halogens is 4. The maximum absolute atomic E-state index is 12.0. The minimum absolute atomic E-state index is 0.216. The maximum atomic E-state index is 12.0. The number of hydrazine groups is 1. The van der Waals surface area contributed by atoms with Crippen molar-refractivity contribution in [2.24, 2.45) is 0 Å². The van der Waals surface area contributed by atoms with E-state index in [0.29, 0.717) is 42.6 Å². The van der Waals surface area contributed by atoms with Crippen LogP contribution >= 0.6 is 46.4 Å². The normalized spacial score (nSPS) is 16.8. The molecule has 5 nitrogen and oxygen atoms in total. The van der Waals surface area contributed by atoms with Crippen molar-refractivity contribution < 1.29 is 13.5 Å². The number of rotatable bonds is 5. The largest absolute Gasteiger partial charge is 0.388 e. The number of hydrogen-bond acceptors (Lipinski definition) is 5. The predicted octanol–water partition coefficient (Wildman–Crippen LogP) is 6.79. The summed E-state index contributed by atoms with van der Waals surface area (Å²) in [5, 5.41) is 13.9. The second kappa shape index (κ2) is 9.60. The van der Waals surface area contributed by atoms with E-state index < -0.39 is 21.5 Å². The molecule has 0 aromatic heterocycles. The average Bonchev–Trinajstić information content (AvgIpc) is 3.10. The lowest BCUT2D eigenvalue weighted by atomic mass is 9.97. The van der Waals surface area contributed by atoms with Gasteiger partial charge in [-0.05, 0) is 55.3 Å². The lowest BCUT2D eigenvalue weighted by Crippen LogP contribution is -2.49. The van der Waals surface area contributed by atoms with Gasteiger partial charge in [-0.15, -0.1) is 0 Å². The molecule has 4 rings (SSSR count). The van der Waals surface area contributed by atoms with Crippen molar-refractivity contribution in [1.29, 1.82) is 0 Å². The van der Waals surface area contributed by atoms with E-state index in [0.717, 1.165) is 11.8 Å². The first kappa shape index (κ1) is 26.3. The summed E-state index contributed by atoms with van der Waals surface area (Å²) >= 11 is 26.6. The Kier molecular flexibility index (Phi) is 7.21. The zero-order valence-corrected chi connectivity index (χ0v) is 22.8. The van der Waals surface area contributed by atoms with Crippen LogP contribution in [0.15, 0.2) is 70.6 Å². The number of hydrogen-bond donors (Lipinski definition) is 2. The molecule has 0 radical (unpaired) electrons. The molecule has 10 heteroatoms. The molecule has 0 saturated heterocycles. The zero-order chi connectivity index (χ0) is 25.7. The van der Waals surface area contributed by atoms with Gasteiger partial charge in [-0.25, -0.2) is 13.8 Å². The summed E-state index contributed by atoms with van der Waals surface area (Å²) in [6, 6.07) is 16.5. The van der Waals surface area contributed by atoms with Gasteiger partial charge >= 0.3 is 0 Å².